The van der Waals surface area contributed by atoms with Gasteiger partial charge in [0.15, 0.2) is 0 Å². The molecule has 0 radical (unpaired) electrons. The van der Waals surface area contributed by atoms with Gasteiger partial charge in [-0.15, -0.1) is 0 Å². The molecule has 8 heteroatoms. The largest absolute Gasteiger partial charge is 0.458 e. The number of fused-ring (bicyclic) bond motifs is 8. The lowest BCUT2D eigenvalue weighted by atomic mass is 9.93. The summed E-state index contributed by atoms with van der Waals surface area (Å²) >= 11 is 0. The van der Waals surface area contributed by atoms with Gasteiger partial charge in [0.1, 0.15) is 11.5 Å². The zero-order valence-corrected chi connectivity index (χ0v) is 22.1. The van der Waals surface area contributed by atoms with Crippen molar-refractivity contribution in [3.8, 4) is 5.75 Å². The lowest BCUT2D eigenvalue weighted by molar-refractivity contribution is -0.135. The quantitative estimate of drug-likeness (QED) is 0.432. The first kappa shape index (κ1) is 23.9. The molecule has 0 N–H and O–H groups in total. The van der Waals surface area contributed by atoms with Crippen molar-refractivity contribution in [1.82, 2.24) is 9.80 Å². The molecule has 1 aliphatic carbocycles. The number of carbonyl (C=O) groups is 2. The van der Waals surface area contributed by atoms with Gasteiger partial charge in [-0.3, -0.25) is 19.6 Å². The molecule has 8 nitrogen and oxygen atoms in total. The van der Waals surface area contributed by atoms with Crippen molar-refractivity contribution in [1.29, 1.82) is 0 Å². The van der Waals surface area contributed by atoms with Crippen molar-refractivity contribution in [2.45, 2.75) is 31.2 Å². The van der Waals surface area contributed by atoms with Crippen LogP contribution in [0.15, 0.2) is 101 Å². The van der Waals surface area contributed by atoms with Crippen LogP contribution >= 0.6 is 0 Å². The van der Waals surface area contributed by atoms with Gasteiger partial charge in [-0.2, -0.15) is 0 Å². The van der Waals surface area contributed by atoms with Gasteiger partial charge in [0.05, 0.1) is 35.3 Å². The maximum absolute atomic E-state index is 13.4. The van der Waals surface area contributed by atoms with E-state index in [4.69, 9.17) is 14.5 Å². The standard InChI is InChI=1S/C33H26N4O4/c38-32-26-11-9-22(13-28(26)34-15-30-24-7-3-1-5-20(24)17-36(30)32)40-19-41-23-10-12-27-29(14-23)35-16-31-25-8-4-2-6-21(25)18-37(31)33(27)39/h1-16,26,28,30-31H,17-19H2/t26?,28?,30-,31-/m1/s1. The van der Waals surface area contributed by atoms with E-state index in [9.17, 15) is 9.59 Å². The molecular formula is C33H26N4O4. The van der Waals surface area contributed by atoms with E-state index in [2.05, 4.69) is 29.3 Å². The highest BCUT2D eigenvalue weighted by atomic mass is 16.7. The van der Waals surface area contributed by atoms with Crippen LogP contribution in [0.2, 0.25) is 0 Å². The number of benzene rings is 3. The smallest absolute Gasteiger partial charge is 0.257 e. The molecule has 0 saturated carbocycles. The van der Waals surface area contributed by atoms with Gasteiger partial charge in [0, 0.05) is 31.6 Å². The number of hydrogen-bond acceptors (Lipinski definition) is 6. The van der Waals surface area contributed by atoms with Crippen LogP contribution in [-0.4, -0.2) is 46.9 Å². The number of rotatable bonds is 4. The predicted molar refractivity (Wildman–Crippen MR) is 153 cm³/mol. The van der Waals surface area contributed by atoms with Crippen molar-refractivity contribution in [2.24, 2.45) is 15.9 Å². The molecule has 4 aliphatic heterocycles. The van der Waals surface area contributed by atoms with Crippen LogP contribution in [0, 0.1) is 5.92 Å². The Balaban J connectivity index is 0.951. The molecule has 2 amide bonds. The topological polar surface area (TPSA) is 83.8 Å². The molecule has 5 aliphatic rings. The Morgan fingerprint density at radius 2 is 1.56 bits per heavy atom. The van der Waals surface area contributed by atoms with E-state index in [0.717, 1.165) is 16.7 Å². The SMILES string of the molecule is O=C1c2ccc(OCOC3=CC4N=C[C@@H]5c6ccccc6CN5C(=O)C4C=C3)cc2N=C[C@@H]2c3ccccc3CN12. The molecule has 0 aromatic heterocycles. The fraction of sp³-hybridized carbons (Fsp3) is 0.212. The molecule has 202 valence electrons. The first-order valence-electron chi connectivity index (χ1n) is 13.8. The fourth-order valence-corrected chi connectivity index (χ4v) is 6.40. The number of nitrogens with zero attached hydrogens (tertiary/aromatic N) is 4. The average Bonchev–Trinajstić information content (AvgIpc) is 3.49. The van der Waals surface area contributed by atoms with Gasteiger partial charge in [-0.1, -0.05) is 54.6 Å². The second-order valence-corrected chi connectivity index (χ2v) is 10.8. The van der Waals surface area contributed by atoms with Crippen molar-refractivity contribution in [2.75, 3.05) is 6.79 Å². The number of aliphatic imine (C=N–C) groups is 2. The molecule has 0 fully saturated rings. The predicted octanol–water partition coefficient (Wildman–Crippen LogP) is 5.06. The minimum absolute atomic E-state index is 0.0358. The normalized spacial score (nSPS) is 24.8. The summed E-state index contributed by atoms with van der Waals surface area (Å²) in [5.74, 6) is 0.815. The lowest BCUT2D eigenvalue weighted by Gasteiger charge is -2.26. The van der Waals surface area contributed by atoms with E-state index in [1.54, 1.807) is 18.2 Å². The Hall–Kier alpha value is -4.98. The van der Waals surface area contributed by atoms with E-state index in [1.165, 1.54) is 5.56 Å². The first-order valence-corrected chi connectivity index (χ1v) is 13.8. The van der Waals surface area contributed by atoms with E-state index in [-0.39, 0.29) is 42.7 Å². The van der Waals surface area contributed by atoms with Gasteiger partial charge < -0.3 is 19.3 Å². The summed E-state index contributed by atoms with van der Waals surface area (Å²) in [4.78, 5) is 39.9. The first-order chi connectivity index (χ1) is 20.1. The van der Waals surface area contributed by atoms with Crippen LogP contribution in [0.1, 0.15) is 44.7 Å². The maximum atomic E-state index is 13.4. The van der Waals surface area contributed by atoms with Crippen LogP contribution in [0.5, 0.6) is 5.75 Å². The summed E-state index contributed by atoms with van der Waals surface area (Å²) < 4.78 is 11.8. The number of ether oxygens (including phenoxy) is 2. The zero-order valence-electron chi connectivity index (χ0n) is 22.1. The summed E-state index contributed by atoms with van der Waals surface area (Å²) in [5.41, 5.74) is 5.70. The minimum Gasteiger partial charge on any atom is -0.458 e. The zero-order chi connectivity index (χ0) is 27.5. The summed E-state index contributed by atoms with van der Waals surface area (Å²) in [6.07, 6.45) is 9.28. The number of amides is 2. The summed E-state index contributed by atoms with van der Waals surface area (Å²) in [6.45, 7) is 1.14. The molecule has 3 aromatic carbocycles. The Labute approximate surface area is 236 Å². The van der Waals surface area contributed by atoms with Crippen LogP contribution in [0.4, 0.5) is 5.69 Å². The highest BCUT2D eigenvalue weighted by molar-refractivity contribution is 6.03. The maximum Gasteiger partial charge on any atom is 0.257 e. The van der Waals surface area contributed by atoms with E-state index in [0.29, 0.717) is 35.8 Å². The third-order valence-corrected chi connectivity index (χ3v) is 8.51. The monoisotopic (exact) mass is 542 g/mol. The van der Waals surface area contributed by atoms with E-state index >= 15 is 0 Å². The Morgan fingerprint density at radius 1 is 0.829 bits per heavy atom. The molecule has 0 bridgehead atoms. The van der Waals surface area contributed by atoms with Gasteiger partial charge in [0.2, 0.25) is 12.7 Å². The van der Waals surface area contributed by atoms with Gasteiger partial charge in [0.25, 0.3) is 5.91 Å². The molecule has 8 rings (SSSR count). The molecule has 2 unspecified atom stereocenters. The Kier molecular flexibility index (Phi) is 5.41. The van der Waals surface area contributed by atoms with Crippen LogP contribution in [-0.2, 0) is 22.6 Å². The molecular weight excluding hydrogens is 516 g/mol. The second kappa shape index (κ2) is 9.30. The van der Waals surface area contributed by atoms with Gasteiger partial charge in [-0.05, 0) is 46.5 Å². The molecule has 3 aromatic rings. The lowest BCUT2D eigenvalue weighted by Crippen LogP contribution is -2.37. The summed E-state index contributed by atoms with van der Waals surface area (Å²) in [6, 6.07) is 20.9. The van der Waals surface area contributed by atoms with Crippen molar-refractivity contribution in [3.63, 3.8) is 0 Å². The number of carbonyl (C=O) groups excluding carboxylic acids is 2. The summed E-state index contributed by atoms with van der Waals surface area (Å²) in [5, 5.41) is 0. The van der Waals surface area contributed by atoms with Gasteiger partial charge >= 0.3 is 0 Å². The third-order valence-electron chi connectivity index (χ3n) is 8.51. The number of hydrogen-bond donors (Lipinski definition) is 0. The number of allylic oxidation sites excluding steroid dienone is 1. The molecule has 0 spiro atoms. The van der Waals surface area contributed by atoms with Crippen LogP contribution in [0.3, 0.4) is 0 Å². The summed E-state index contributed by atoms with van der Waals surface area (Å²) in [7, 11) is 0. The van der Waals surface area contributed by atoms with Crippen LogP contribution in [0.25, 0.3) is 0 Å². The van der Waals surface area contributed by atoms with Crippen LogP contribution < -0.4 is 4.74 Å². The third kappa shape index (κ3) is 3.89. The fourth-order valence-electron chi connectivity index (χ4n) is 6.40. The van der Waals surface area contributed by atoms with E-state index in [1.807, 2.05) is 64.7 Å². The van der Waals surface area contributed by atoms with Gasteiger partial charge in [-0.25, -0.2) is 0 Å². The molecule has 0 saturated heterocycles. The van der Waals surface area contributed by atoms with Crippen molar-refractivity contribution < 1.29 is 19.1 Å². The minimum atomic E-state index is -0.360. The van der Waals surface area contributed by atoms with Crippen molar-refractivity contribution in [3.05, 3.63) is 119 Å². The molecule has 4 atom stereocenters. The van der Waals surface area contributed by atoms with E-state index < -0.39 is 0 Å². The molecule has 41 heavy (non-hydrogen) atoms. The Morgan fingerprint density at radius 3 is 2.37 bits per heavy atom. The highest BCUT2D eigenvalue weighted by Crippen LogP contribution is 2.39. The molecule has 4 heterocycles. The second-order valence-electron chi connectivity index (χ2n) is 10.8. The Bertz CT molecular complexity index is 1720. The van der Waals surface area contributed by atoms with Crippen molar-refractivity contribution >= 4 is 29.9 Å². The highest BCUT2D eigenvalue weighted by Gasteiger charge is 2.40. The average molecular weight is 543 g/mol.